The van der Waals surface area contributed by atoms with Gasteiger partial charge in [-0.1, -0.05) is 31.4 Å². The minimum absolute atomic E-state index is 0.354. The lowest BCUT2D eigenvalue weighted by Crippen LogP contribution is -2.23. The van der Waals surface area contributed by atoms with Gasteiger partial charge in [0.25, 0.3) is 0 Å². The zero-order valence-corrected chi connectivity index (χ0v) is 16.6. The van der Waals surface area contributed by atoms with E-state index in [0.717, 1.165) is 35.5 Å². The summed E-state index contributed by atoms with van der Waals surface area (Å²) in [5.41, 5.74) is 4.16. The summed E-state index contributed by atoms with van der Waals surface area (Å²) < 4.78 is 16.8. The van der Waals surface area contributed by atoms with E-state index in [9.17, 15) is 0 Å². The van der Waals surface area contributed by atoms with Crippen molar-refractivity contribution in [1.82, 2.24) is 5.32 Å². The molecule has 0 atom stereocenters. The van der Waals surface area contributed by atoms with Crippen LogP contribution >= 0.6 is 11.6 Å². The number of hydrogen-bond donors (Lipinski definition) is 1. The highest BCUT2D eigenvalue weighted by atomic mass is 35.5. The van der Waals surface area contributed by atoms with E-state index < -0.39 is 0 Å². The Morgan fingerprint density at radius 2 is 1.96 bits per heavy atom. The molecule has 0 saturated carbocycles. The fourth-order valence-electron chi connectivity index (χ4n) is 2.81. The zero-order valence-electron chi connectivity index (χ0n) is 15.9. The average Bonchev–Trinajstić information content (AvgIpc) is 2.70. The second kappa shape index (κ2) is 10.5. The van der Waals surface area contributed by atoms with Crippen LogP contribution in [0.4, 0.5) is 0 Å². The summed E-state index contributed by atoms with van der Waals surface area (Å²) in [5, 5.41) is 3.43. The van der Waals surface area contributed by atoms with E-state index in [-0.39, 0.29) is 0 Å². The molecule has 5 heteroatoms. The van der Waals surface area contributed by atoms with Crippen LogP contribution < -0.4 is 14.8 Å². The van der Waals surface area contributed by atoms with Crippen molar-refractivity contribution in [3.8, 4) is 11.5 Å². The maximum Gasteiger partial charge on any atom is 0.161 e. The first kappa shape index (κ1) is 20.7. The van der Waals surface area contributed by atoms with Crippen molar-refractivity contribution in [1.29, 1.82) is 0 Å². The molecular weight excluding hydrogens is 362 g/mol. The molecule has 1 aliphatic heterocycles. The van der Waals surface area contributed by atoms with Crippen molar-refractivity contribution in [2.24, 2.45) is 0 Å². The molecule has 144 valence electrons. The summed E-state index contributed by atoms with van der Waals surface area (Å²) in [6, 6.07) is 4.01. The van der Waals surface area contributed by atoms with Crippen molar-refractivity contribution in [2.75, 3.05) is 33.3 Å². The molecule has 2 rings (SSSR count). The number of alkyl halides is 1. The molecule has 1 heterocycles. The Bertz CT molecular complexity index is 778. The lowest BCUT2D eigenvalue weighted by molar-refractivity contribution is 0.255. The van der Waals surface area contributed by atoms with Gasteiger partial charge in [-0.3, -0.25) is 0 Å². The smallest absolute Gasteiger partial charge is 0.161 e. The third kappa shape index (κ3) is 5.44. The Morgan fingerprint density at radius 1 is 1.22 bits per heavy atom. The summed E-state index contributed by atoms with van der Waals surface area (Å²) in [4.78, 5) is 0. The molecule has 1 aromatic rings. The molecule has 0 fully saturated rings. The first-order valence-corrected chi connectivity index (χ1v) is 9.24. The third-order valence-corrected chi connectivity index (χ3v) is 4.33. The van der Waals surface area contributed by atoms with Crippen molar-refractivity contribution in [3.63, 3.8) is 0 Å². The normalized spacial score (nSPS) is 15.6. The van der Waals surface area contributed by atoms with E-state index in [1.54, 1.807) is 26.4 Å². The third-order valence-electron chi connectivity index (χ3n) is 4.17. The van der Waals surface area contributed by atoms with Gasteiger partial charge in [0.15, 0.2) is 11.5 Å². The molecule has 4 nitrogen and oxygen atoms in total. The van der Waals surface area contributed by atoms with Crippen molar-refractivity contribution >= 4 is 17.3 Å². The number of halogens is 1. The van der Waals surface area contributed by atoms with Crippen molar-refractivity contribution in [3.05, 3.63) is 78.1 Å². The first-order chi connectivity index (χ1) is 13.2. The zero-order chi connectivity index (χ0) is 19.6. The fraction of sp³-hybridized carbons (Fsp3) is 0.273. The Balaban J connectivity index is 2.34. The van der Waals surface area contributed by atoms with Gasteiger partial charge in [-0.15, -0.1) is 11.6 Å². The topological polar surface area (TPSA) is 39.7 Å². The second-order valence-electron chi connectivity index (χ2n) is 5.83. The maximum atomic E-state index is 5.92. The number of hydrogen-bond acceptors (Lipinski definition) is 4. The monoisotopic (exact) mass is 387 g/mol. The molecule has 0 spiro atoms. The van der Waals surface area contributed by atoms with E-state index >= 15 is 0 Å². The van der Waals surface area contributed by atoms with Crippen LogP contribution in [0.1, 0.15) is 11.1 Å². The van der Waals surface area contributed by atoms with Gasteiger partial charge in [0.2, 0.25) is 0 Å². The molecule has 1 aromatic carbocycles. The van der Waals surface area contributed by atoms with Crippen LogP contribution in [0.2, 0.25) is 0 Å². The summed E-state index contributed by atoms with van der Waals surface area (Å²) in [6.45, 7) is 8.71. The van der Waals surface area contributed by atoms with E-state index in [2.05, 4.69) is 18.5 Å². The van der Waals surface area contributed by atoms with Crippen LogP contribution in [0.3, 0.4) is 0 Å². The number of benzene rings is 1. The lowest BCUT2D eigenvalue weighted by Gasteiger charge is -2.23. The van der Waals surface area contributed by atoms with Gasteiger partial charge in [0, 0.05) is 29.8 Å². The Kier molecular flexibility index (Phi) is 8.08. The largest absolute Gasteiger partial charge is 0.493 e. The van der Waals surface area contributed by atoms with Crippen molar-refractivity contribution < 1.29 is 14.2 Å². The molecule has 0 bridgehead atoms. The van der Waals surface area contributed by atoms with Gasteiger partial charge in [0.1, 0.15) is 12.4 Å². The molecule has 0 saturated heterocycles. The summed E-state index contributed by atoms with van der Waals surface area (Å²) in [7, 11) is 3.28. The number of nitrogens with one attached hydrogen (secondary N) is 1. The molecule has 0 amide bonds. The maximum absolute atomic E-state index is 5.92. The van der Waals surface area contributed by atoms with Crippen LogP contribution in [0, 0.1) is 0 Å². The van der Waals surface area contributed by atoms with Crippen LogP contribution in [-0.2, 0) is 11.2 Å². The summed E-state index contributed by atoms with van der Waals surface area (Å²) >= 11 is 5.92. The van der Waals surface area contributed by atoms with Gasteiger partial charge < -0.3 is 19.5 Å². The van der Waals surface area contributed by atoms with Gasteiger partial charge in [-0.05, 0) is 35.8 Å². The summed E-state index contributed by atoms with van der Waals surface area (Å²) in [6.07, 6.45) is 10.0. The lowest BCUT2D eigenvalue weighted by atomic mass is 9.96. The molecule has 0 aromatic heterocycles. The molecule has 27 heavy (non-hydrogen) atoms. The highest BCUT2D eigenvalue weighted by Crippen LogP contribution is 2.35. The first-order valence-electron chi connectivity index (χ1n) is 8.70. The minimum atomic E-state index is 0.354. The molecule has 0 unspecified atom stereocenters. The van der Waals surface area contributed by atoms with Crippen LogP contribution in [0.25, 0.3) is 5.70 Å². The van der Waals surface area contributed by atoms with E-state index in [4.69, 9.17) is 25.8 Å². The van der Waals surface area contributed by atoms with Gasteiger partial charge in [0.05, 0.1) is 14.2 Å². The highest BCUT2D eigenvalue weighted by Gasteiger charge is 2.18. The Labute approximate surface area is 166 Å². The van der Waals surface area contributed by atoms with E-state index in [1.807, 2.05) is 30.4 Å². The van der Waals surface area contributed by atoms with E-state index in [1.165, 1.54) is 5.56 Å². The van der Waals surface area contributed by atoms with Gasteiger partial charge in [-0.25, -0.2) is 0 Å². The van der Waals surface area contributed by atoms with Gasteiger partial charge >= 0.3 is 0 Å². The molecular formula is C22H26ClNO3. The highest BCUT2D eigenvalue weighted by molar-refractivity contribution is 6.18. The quantitative estimate of drug-likeness (QED) is 0.381. The predicted octanol–water partition coefficient (Wildman–Crippen LogP) is 4.63. The Hall–Kier alpha value is -2.59. The average molecular weight is 388 g/mol. The molecule has 1 N–H and O–H groups in total. The van der Waals surface area contributed by atoms with Crippen LogP contribution in [-0.4, -0.2) is 33.3 Å². The second-order valence-corrected chi connectivity index (χ2v) is 6.14. The fourth-order valence-corrected chi connectivity index (χ4v) is 2.96. The number of methoxy groups -OCH3 is 2. The van der Waals surface area contributed by atoms with Gasteiger partial charge in [-0.2, -0.15) is 0 Å². The molecule has 0 aliphatic carbocycles. The number of ether oxygens (including phenoxy) is 3. The predicted molar refractivity (Wildman–Crippen MR) is 112 cm³/mol. The Morgan fingerprint density at radius 3 is 2.59 bits per heavy atom. The number of fused-ring (bicyclic) bond motifs is 1. The standard InChI is InChI=1S/C22H26ClNO3/c1-5-7-16(6-2)15-27-18(8-10-23)13-20-19-14-22(26-4)21(25-3)12-17(19)9-11-24-20/h5-8,12-14,24H,1-2,9-11,15H2,3-4H3/b16-7+,18-8+,20-13-. The molecule has 0 radical (unpaired) electrons. The van der Waals surface area contributed by atoms with Crippen molar-refractivity contribution in [2.45, 2.75) is 6.42 Å². The van der Waals surface area contributed by atoms with Crippen LogP contribution in [0.15, 0.2) is 67.0 Å². The number of allylic oxidation sites excluding steroid dienone is 4. The van der Waals surface area contributed by atoms with Crippen LogP contribution in [0.5, 0.6) is 11.5 Å². The summed E-state index contributed by atoms with van der Waals surface area (Å²) in [5.74, 6) is 2.46. The van der Waals surface area contributed by atoms with E-state index in [0.29, 0.717) is 24.0 Å². The molecule has 1 aliphatic rings. The number of rotatable bonds is 9. The SMILES string of the molecule is C=C/C=C(\C=C)COC(/C=C1\NCCc2cc(OC)c(OC)cc21)=C/CCl. The minimum Gasteiger partial charge on any atom is -0.493 e.